The summed E-state index contributed by atoms with van der Waals surface area (Å²) in [5.74, 6) is -0.0896. The van der Waals surface area contributed by atoms with Gasteiger partial charge in [-0.15, -0.1) is 11.8 Å². The summed E-state index contributed by atoms with van der Waals surface area (Å²) in [6, 6.07) is 3.62. The van der Waals surface area contributed by atoms with E-state index in [-0.39, 0.29) is 11.2 Å². The lowest BCUT2D eigenvalue weighted by Gasteiger charge is -2.16. The van der Waals surface area contributed by atoms with E-state index in [1.54, 1.807) is 17.8 Å². The molecule has 0 atom stereocenters. The molecule has 0 bridgehead atoms. The van der Waals surface area contributed by atoms with E-state index in [2.05, 4.69) is 0 Å². The van der Waals surface area contributed by atoms with Gasteiger partial charge in [-0.05, 0) is 49.3 Å². The molecular formula is C12H16FNS. The van der Waals surface area contributed by atoms with Crippen LogP contribution in [0.3, 0.4) is 0 Å². The van der Waals surface area contributed by atoms with Crippen molar-refractivity contribution in [1.29, 1.82) is 0 Å². The van der Waals surface area contributed by atoms with E-state index >= 15 is 0 Å². The standard InChI is InChI=1S/C12H16FNS/c1-8-5-10(13)9(6-11(8)15-2)12(7-14)3-4-12/h5-6H,3-4,7,14H2,1-2H3. The van der Waals surface area contributed by atoms with Crippen molar-refractivity contribution in [2.24, 2.45) is 5.73 Å². The molecule has 0 amide bonds. The Hall–Kier alpha value is -0.540. The summed E-state index contributed by atoms with van der Waals surface area (Å²) >= 11 is 1.67. The number of hydrogen-bond donors (Lipinski definition) is 1. The van der Waals surface area contributed by atoms with Crippen LogP contribution in [0.25, 0.3) is 0 Å². The third-order valence-corrected chi connectivity index (χ3v) is 4.18. The molecule has 0 aliphatic heterocycles. The number of thioether (sulfide) groups is 1. The highest BCUT2D eigenvalue weighted by atomic mass is 32.2. The van der Waals surface area contributed by atoms with Gasteiger partial charge in [0.15, 0.2) is 0 Å². The Morgan fingerprint density at radius 2 is 2.13 bits per heavy atom. The number of nitrogens with two attached hydrogens (primary N) is 1. The summed E-state index contributed by atoms with van der Waals surface area (Å²) in [5, 5.41) is 0. The SMILES string of the molecule is CSc1cc(C2(CN)CC2)c(F)cc1C. The highest BCUT2D eigenvalue weighted by molar-refractivity contribution is 7.98. The predicted octanol–water partition coefficient (Wildman–Crippen LogP) is 2.85. The van der Waals surface area contributed by atoms with Gasteiger partial charge in [-0.3, -0.25) is 0 Å². The van der Waals surface area contributed by atoms with E-state index in [0.717, 1.165) is 28.9 Å². The van der Waals surface area contributed by atoms with Gasteiger partial charge >= 0.3 is 0 Å². The van der Waals surface area contributed by atoms with Crippen LogP contribution >= 0.6 is 11.8 Å². The van der Waals surface area contributed by atoms with Crippen molar-refractivity contribution in [1.82, 2.24) is 0 Å². The van der Waals surface area contributed by atoms with Crippen LogP contribution in [-0.4, -0.2) is 12.8 Å². The molecule has 82 valence electrons. The number of benzene rings is 1. The molecule has 1 nitrogen and oxygen atoms in total. The number of rotatable bonds is 3. The molecule has 1 saturated carbocycles. The van der Waals surface area contributed by atoms with Crippen molar-refractivity contribution in [3.8, 4) is 0 Å². The van der Waals surface area contributed by atoms with Crippen LogP contribution in [0.5, 0.6) is 0 Å². The van der Waals surface area contributed by atoms with E-state index in [1.165, 1.54) is 0 Å². The summed E-state index contributed by atoms with van der Waals surface area (Å²) < 4.78 is 13.8. The molecule has 2 rings (SSSR count). The molecule has 0 aromatic heterocycles. The Balaban J connectivity index is 2.47. The summed E-state index contributed by atoms with van der Waals surface area (Å²) in [6.45, 7) is 2.50. The lowest BCUT2D eigenvalue weighted by Crippen LogP contribution is -2.21. The van der Waals surface area contributed by atoms with Crippen molar-refractivity contribution in [3.63, 3.8) is 0 Å². The molecule has 0 spiro atoms. The molecule has 1 fully saturated rings. The second-order valence-corrected chi connectivity index (χ2v) is 5.13. The van der Waals surface area contributed by atoms with Gasteiger partial charge in [0.05, 0.1) is 0 Å². The Morgan fingerprint density at radius 3 is 2.60 bits per heavy atom. The van der Waals surface area contributed by atoms with Crippen LogP contribution in [0.15, 0.2) is 17.0 Å². The first-order valence-electron chi connectivity index (χ1n) is 5.17. The van der Waals surface area contributed by atoms with Crippen LogP contribution in [0.2, 0.25) is 0 Å². The fraction of sp³-hybridized carbons (Fsp3) is 0.500. The smallest absolute Gasteiger partial charge is 0.127 e. The van der Waals surface area contributed by atoms with Crippen LogP contribution in [-0.2, 0) is 5.41 Å². The van der Waals surface area contributed by atoms with Crippen LogP contribution in [0.1, 0.15) is 24.0 Å². The minimum Gasteiger partial charge on any atom is -0.330 e. The first kappa shape index (κ1) is 11.0. The summed E-state index contributed by atoms with van der Waals surface area (Å²) in [6.07, 6.45) is 4.07. The van der Waals surface area contributed by atoms with Crippen molar-refractivity contribution in [2.75, 3.05) is 12.8 Å². The number of halogens is 1. The molecule has 0 unspecified atom stereocenters. The third kappa shape index (κ3) is 1.79. The van der Waals surface area contributed by atoms with Crippen molar-refractivity contribution < 1.29 is 4.39 Å². The average Bonchev–Trinajstić information content (AvgIpc) is 2.99. The van der Waals surface area contributed by atoms with Gasteiger partial charge in [0.2, 0.25) is 0 Å². The van der Waals surface area contributed by atoms with E-state index in [4.69, 9.17) is 5.73 Å². The summed E-state index contributed by atoms with van der Waals surface area (Å²) in [7, 11) is 0. The Labute approximate surface area is 94.2 Å². The molecular weight excluding hydrogens is 209 g/mol. The molecule has 15 heavy (non-hydrogen) atoms. The number of hydrogen-bond acceptors (Lipinski definition) is 2. The van der Waals surface area contributed by atoms with Crippen molar-refractivity contribution in [2.45, 2.75) is 30.1 Å². The van der Waals surface area contributed by atoms with E-state index in [0.29, 0.717) is 6.54 Å². The van der Waals surface area contributed by atoms with Gasteiger partial charge in [0.25, 0.3) is 0 Å². The fourth-order valence-electron chi connectivity index (χ4n) is 2.01. The molecule has 0 radical (unpaired) electrons. The zero-order valence-corrected chi connectivity index (χ0v) is 9.96. The maximum Gasteiger partial charge on any atom is 0.127 e. The van der Waals surface area contributed by atoms with Gasteiger partial charge in [0, 0.05) is 16.9 Å². The van der Waals surface area contributed by atoms with E-state index in [1.807, 2.05) is 19.2 Å². The number of aryl methyl sites for hydroxylation is 1. The zero-order chi connectivity index (χ0) is 11.1. The zero-order valence-electron chi connectivity index (χ0n) is 9.14. The lowest BCUT2D eigenvalue weighted by atomic mass is 9.94. The monoisotopic (exact) mass is 225 g/mol. The topological polar surface area (TPSA) is 26.0 Å². The lowest BCUT2D eigenvalue weighted by molar-refractivity contribution is 0.569. The molecule has 0 saturated heterocycles. The largest absolute Gasteiger partial charge is 0.330 e. The predicted molar refractivity (Wildman–Crippen MR) is 62.9 cm³/mol. The second-order valence-electron chi connectivity index (χ2n) is 4.29. The van der Waals surface area contributed by atoms with E-state index in [9.17, 15) is 4.39 Å². The minimum atomic E-state index is -0.0896. The van der Waals surface area contributed by atoms with Crippen LogP contribution < -0.4 is 5.73 Å². The Kier molecular flexibility index (Phi) is 2.77. The van der Waals surface area contributed by atoms with Gasteiger partial charge < -0.3 is 5.73 Å². The maximum absolute atomic E-state index is 13.8. The van der Waals surface area contributed by atoms with Crippen molar-refractivity contribution in [3.05, 3.63) is 29.1 Å². The second kappa shape index (κ2) is 3.80. The molecule has 1 aliphatic carbocycles. The highest BCUT2D eigenvalue weighted by Crippen LogP contribution is 2.49. The quantitative estimate of drug-likeness (QED) is 0.800. The maximum atomic E-state index is 13.8. The van der Waals surface area contributed by atoms with Gasteiger partial charge in [0.1, 0.15) is 5.82 Å². The van der Waals surface area contributed by atoms with Crippen LogP contribution in [0.4, 0.5) is 4.39 Å². The molecule has 1 aliphatic rings. The summed E-state index contributed by atoms with van der Waals surface area (Å²) in [4.78, 5) is 1.16. The van der Waals surface area contributed by atoms with Gasteiger partial charge in [-0.2, -0.15) is 0 Å². The fourth-order valence-corrected chi connectivity index (χ4v) is 2.63. The first-order chi connectivity index (χ1) is 7.13. The first-order valence-corrected chi connectivity index (χ1v) is 6.40. The molecule has 1 aromatic carbocycles. The van der Waals surface area contributed by atoms with Gasteiger partial charge in [-0.1, -0.05) is 0 Å². The molecule has 0 heterocycles. The highest BCUT2D eigenvalue weighted by Gasteiger charge is 2.44. The minimum absolute atomic E-state index is 0.0533. The Bertz CT molecular complexity index is 385. The van der Waals surface area contributed by atoms with Crippen LogP contribution in [0, 0.1) is 12.7 Å². The normalized spacial score (nSPS) is 17.9. The van der Waals surface area contributed by atoms with E-state index < -0.39 is 0 Å². The van der Waals surface area contributed by atoms with Gasteiger partial charge in [-0.25, -0.2) is 4.39 Å². The Morgan fingerprint density at radius 1 is 1.47 bits per heavy atom. The molecule has 2 N–H and O–H groups in total. The summed E-state index contributed by atoms with van der Waals surface area (Å²) in [5.41, 5.74) is 7.50. The molecule has 3 heteroatoms. The average molecular weight is 225 g/mol. The third-order valence-electron chi connectivity index (χ3n) is 3.30. The van der Waals surface area contributed by atoms with Crippen molar-refractivity contribution >= 4 is 11.8 Å². The molecule has 1 aromatic rings.